The zero-order valence-electron chi connectivity index (χ0n) is 14.7. The van der Waals surface area contributed by atoms with Gasteiger partial charge in [0.25, 0.3) is 5.91 Å². The Morgan fingerprint density at radius 2 is 2.12 bits per heavy atom. The zero-order chi connectivity index (χ0) is 17.4. The Bertz CT molecular complexity index is 655. The molecule has 0 radical (unpaired) electrons. The van der Waals surface area contributed by atoms with Crippen LogP contribution >= 0.6 is 0 Å². The van der Waals surface area contributed by atoms with Crippen molar-refractivity contribution in [2.75, 3.05) is 19.6 Å². The molecule has 3 aliphatic rings. The fourth-order valence-electron chi connectivity index (χ4n) is 4.31. The summed E-state index contributed by atoms with van der Waals surface area (Å²) in [7, 11) is 0. The fraction of sp³-hybridized carbons (Fsp3) is 0.722. The second-order valence-electron chi connectivity index (χ2n) is 7.50. The number of rotatable bonds is 5. The van der Waals surface area contributed by atoms with Crippen LogP contribution in [-0.2, 0) is 4.79 Å². The van der Waals surface area contributed by atoms with Gasteiger partial charge in [0.05, 0.1) is 11.7 Å². The minimum atomic E-state index is -0.235. The quantitative estimate of drug-likeness (QED) is 0.870. The number of hydrogen-bond donors (Lipinski definition) is 1. The second kappa shape index (κ2) is 6.78. The lowest BCUT2D eigenvalue weighted by atomic mass is 9.92. The Hall–Kier alpha value is -1.89. The molecule has 7 nitrogen and oxygen atoms in total. The van der Waals surface area contributed by atoms with Crippen LogP contribution in [0.5, 0.6) is 0 Å². The van der Waals surface area contributed by atoms with Crippen molar-refractivity contribution in [3.8, 4) is 0 Å². The van der Waals surface area contributed by atoms with Crippen LogP contribution in [0.4, 0.5) is 0 Å². The Morgan fingerprint density at radius 3 is 2.80 bits per heavy atom. The smallest absolute Gasteiger partial charge is 0.289 e. The maximum atomic E-state index is 12.8. The number of nitrogens with zero attached hydrogens (tertiary/aromatic N) is 3. The van der Waals surface area contributed by atoms with Crippen LogP contribution in [0.15, 0.2) is 10.6 Å². The molecule has 1 aliphatic carbocycles. The molecule has 1 aromatic heterocycles. The summed E-state index contributed by atoms with van der Waals surface area (Å²) >= 11 is 0. The summed E-state index contributed by atoms with van der Waals surface area (Å²) in [6.07, 6.45) is 6.58. The molecular weight excluding hydrogens is 320 g/mol. The average molecular weight is 346 g/mol. The first kappa shape index (κ1) is 16.6. The van der Waals surface area contributed by atoms with E-state index in [1.165, 1.54) is 6.42 Å². The first-order valence-electron chi connectivity index (χ1n) is 9.41. The van der Waals surface area contributed by atoms with Crippen molar-refractivity contribution in [1.82, 2.24) is 20.3 Å². The van der Waals surface area contributed by atoms with Crippen LogP contribution in [0.3, 0.4) is 0 Å². The summed E-state index contributed by atoms with van der Waals surface area (Å²) in [6, 6.07) is 2.34. The molecule has 0 aromatic carbocycles. The predicted molar refractivity (Wildman–Crippen MR) is 91.1 cm³/mol. The van der Waals surface area contributed by atoms with E-state index in [1.54, 1.807) is 13.0 Å². The molecule has 0 bridgehead atoms. The van der Waals surface area contributed by atoms with Crippen molar-refractivity contribution in [1.29, 1.82) is 0 Å². The van der Waals surface area contributed by atoms with Crippen molar-refractivity contribution in [2.24, 2.45) is 0 Å². The Labute approximate surface area is 147 Å². The van der Waals surface area contributed by atoms with Crippen LogP contribution in [0.25, 0.3) is 0 Å². The number of aryl methyl sites for hydroxylation is 1. The summed E-state index contributed by atoms with van der Waals surface area (Å²) in [5, 5.41) is 6.69. The molecule has 2 saturated heterocycles. The monoisotopic (exact) mass is 346 g/mol. The lowest BCUT2D eigenvalue weighted by Gasteiger charge is -2.36. The average Bonchev–Trinajstić information content (AvgIpc) is 3.25. The third-order valence-corrected chi connectivity index (χ3v) is 5.90. The molecule has 3 fully saturated rings. The molecule has 1 N–H and O–H groups in total. The van der Waals surface area contributed by atoms with E-state index in [0.717, 1.165) is 45.2 Å². The lowest BCUT2D eigenvalue weighted by Crippen LogP contribution is -2.50. The normalized spacial score (nSPS) is 27.7. The van der Waals surface area contributed by atoms with Gasteiger partial charge in [0.15, 0.2) is 0 Å². The lowest BCUT2D eigenvalue weighted by molar-refractivity contribution is -0.135. The number of amides is 2. The molecule has 136 valence electrons. The SMILES string of the molecule is Cc1cc(C(=O)NCC2CCCN2C2CCN(C3CCC3)C2=O)on1. The molecule has 3 heterocycles. The second-order valence-corrected chi connectivity index (χ2v) is 7.50. The topological polar surface area (TPSA) is 78.7 Å². The number of aromatic nitrogens is 1. The van der Waals surface area contributed by atoms with E-state index in [1.807, 2.05) is 0 Å². The third-order valence-electron chi connectivity index (χ3n) is 5.90. The van der Waals surface area contributed by atoms with E-state index in [2.05, 4.69) is 20.3 Å². The van der Waals surface area contributed by atoms with Gasteiger partial charge in [-0.15, -0.1) is 0 Å². The Balaban J connectivity index is 1.34. The van der Waals surface area contributed by atoms with Gasteiger partial charge in [-0.2, -0.15) is 0 Å². The van der Waals surface area contributed by atoms with Gasteiger partial charge in [-0.1, -0.05) is 5.16 Å². The summed E-state index contributed by atoms with van der Waals surface area (Å²) in [5.74, 6) is 0.310. The number of hydrogen-bond acceptors (Lipinski definition) is 5. The number of nitrogens with one attached hydrogen (secondary N) is 1. The molecule has 1 aromatic rings. The first-order valence-corrected chi connectivity index (χ1v) is 9.41. The van der Waals surface area contributed by atoms with Gasteiger partial charge < -0.3 is 14.7 Å². The van der Waals surface area contributed by atoms with Crippen molar-refractivity contribution in [2.45, 2.75) is 63.6 Å². The summed E-state index contributed by atoms with van der Waals surface area (Å²) < 4.78 is 5.01. The van der Waals surface area contributed by atoms with Gasteiger partial charge in [0, 0.05) is 31.2 Å². The van der Waals surface area contributed by atoms with Gasteiger partial charge in [0.1, 0.15) is 0 Å². The largest absolute Gasteiger partial charge is 0.351 e. The summed E-state index contributed by atoms with van der Waals surface area (Å²) in [5.41, 5.74) is 0.695. The highest BCUT2D eigenvalue weighted by Crippen LogP contribution is 2.32. The molecule has 2 amide bonds. The van der Waals surface area contributed by atoms with Crippen molar-refractivity contribution in [3.05, 3.63) is 17.5 Å². The molecule has 2 unspecified atom stereocenters. The molecule has 4 rings (SSSR count). The number of carbonyl (C=O) groups is 2. The van der Waals surface area contributed by atoms with Crippen LogP contribution in [-0.4, -0.2) is 64.5 Å². The molecule has 2 aliphatic heterocycles. The highest BCUT2D eigenvalue weighted by atomic mass is 16.5. The van der Waals surface area contributed by atoms with Gasteiger partial charge >= 0.3 is 0 Å². The maximum Gasteiger partial charge on any atom is 0.289 e. The van der Waals surface area contributed by atoms with Crippen LogP contribution in [0, 0.1) is 6.92 Å². The van der Waals surface area contributed by atoms with E-state index in [9.17, 15) is 9.59 Å². The Kier molecular flexibility index (Phi) is 4.50. The molecule has 2 atom stereocenters. The Morgan fingerprint density at radius 1 is 1.28 bits per heavy atom. The van der Waals surface area contributed by atoms with Gasteiger partial charge in [-0.3, -0.25) is 14.5 Å². The van der Waals surface area contributed by atoms with Crippen LogP contribution < -0.4 is 5.32 Å². The van der Waals surface area contributed by atoms with Gasteiger partial charge in [0.2, 0.25) is 11.7 Å². The summed E-state index contributed by atoms with van der Waals surface area (Å²) in [6.45, 7) is 4.17. The van der Waals surface area contributed by atoms with E-state index in [0.29, 0.717) is 24.2 Å². The van der Waals surface area contributed by atoms with E-state index >= 15 is 0 Å². The highest BCUT2D eigenvalue weighted by Gasteiger charge is 2.43. The zero-order valence-corrected chi connectivity index (χ0v) is 14.7. The predicted octanol–water partition coefficient (Wildman–Crippen LogP) is 1.33. The van der Waals surface area contributed by atoms with Gasteiger partial charge in [-0.05, 0) is 52.0 Å². The maximum absolute atomic E-state index is 12.8. The number of likely N-dealkylation sites (tertiary alicyclic amines) is 2. The molecule has 0 spiro atoms. The van der Waals surface area contributed by atoms with Crippen molar-refractivity contribution < 1.29 is 14.1 Å². The standard InChI is InChI=1S/C18H26N4O3/c1-12-10-16(25-20-12)17(23)19-11-14-6-3-8-21(14)15-7-9-22(18(15)24)13-4-2-5-13/h10,13-15H,2-9,11H2,1H3,(H,19,23). The first-order chi connectivity index (χ1) is 12.1. The van der Waals surface area contributed by atoms with Gasteiger partial charge in [-0.25, -0.2) is 0 Å². The van der Waals surface area contributed by atoms with E-state index in [-0.39, 0.29) is 23.8 Å². The molecular formula is C18H26N4O3. The minimum absolute atomic E-state index is 0.00229. The molecule has 1 saturated carbocycles. The fourth-order valence-corrected chi connectivity index (χ4v) is 4.31. The number of carbonyl (C=O) groups excluding carboxylic acids is 2. The third kappa shape index (κ3) is 3.17. The molecule has 7 heteroatoms. The van der Waals surface area contributed by atoms with Crippen LogP contribution in [0.2, 0.25) is 0 Å². The van der Waals surface area contributed by atoms with E-state index in [4.69, 9.17) is 4.52 Å². The van der Waals surface area contributed by atoms with E-state index < -0.39 is 0 Å². The summed E-state index contributed by atoms with van der Waals surface area (Å²) in [4.78, 5) is 29.4. The molecule has 25 heavy (non-hydrogen) atoms. The van der Waals surface area contributed by atoms with Crippen molar-refractivity contribution in [3.63, 3.8) is 0 Å². The highest BCUT2D eigenvalue weighted by molar-refractivity contribution is 5.91. The minimum Gasteiger partial charge on any atom is -0.351 e. The van der Waals surface area contributed by atoms with Crippen molar-refractivity contribution >= 4 is 11.8 Å². The van der Waals surface area contributed by atoms with Crippen LogP contribution in [0.1, 0.15) is 54.8 Å².